The van der Waals surface area contributed by atoms with Gasteiger partial charge in [0.05, 0.1) is 24.0 Å². The first-order chi connectivity index (χ1) is 14.6. The lowest BCUT2D eigenvalue weighted by atomic mass is 9.96. The highest BCUT2D eigenvalue weighted by atomic mass is 16.1. The molecule has 0 bridgehead atoms. The monoisotopic (exact) mass is 403 g/mol. The maximum Gasteiger partial charge on any atom is 0.228 e. The number of aromatic amines is 1. The smallest absolute Gasteiger partial charge is 0.228 e. The number of rotatable bonds is 4. The van der Waals surface area contributed by atoms with Crippen LogP contribution in [0.2, 0.25) is 0 Å². The molecule has 8 nitrogen and oxygen atoms in total. The van der Waals surface area contributed by atoms with Gasteiger partial charge in [-0.05, 0) is 49.6 Å². The predicted molar refractivity (Wildman–Crippen MR) is 116 cm³/mol. The SMILES string of the molecule is C[C@@H]1C[C@H](N(C)c2ccc(-c3ccc(-c4cn[nH]c4)c4c3NC(=O)C4)nn2)CCN1. The Bertz CT molecular complexity index is 1060. The van der Waals surface area contributed by atoms with E-state index in [1.807, 2.05) is 30.5 Å². The molecule has 154 valence electrons. The summed E-state index contributed by atoms with van der Waals surface area (Å²) in [5, 5.41) is 22.4. The molecule has 30 heavy (non-hydrogen) atoms. The van der Waals surface area contributed by atoms with Gasteiger partial charge in [-0.3, -0.25) is 9.89 Å². The minimum atomic E-state index is -0.00784. The lowest BCUT2D eigenvalue weighted by molar-refractivity contribution is -0.115. The first-order valence-corrected chi connectivity index (χ1v) is 10.4. The molecule has 2 aromatic heterocycles. The molecule has 2 aliphatic rings. The first-order valence-electron chi connectivity index (χ1n) is 10.4. The number of carbonyl (C=O) groups excluding carboxylic acids is 1. The van der Waals surface area contributed by atoms with Crippen LogP contribution in [0, 0.1) is 0 Å². The molecule has 3 aromatic rings. The van der Waals surface area contributed by atoms with Gasteiger partial charge in [-0.2, -0.15) is 5.10 Å². The van der Waals surface area contributed by atoms with Gasteiger partial charge in [-0.25, -0.2) is 0 Å². The molecule has 1 saturated heterocycles. The first kappa shape index (κ1) is 18.7. The Morgan fingerprint density at radius 2 is 2.00 bits per heavy atom. The van der Waals surface area contributed by atoms with Crippen LogP contribution in [0.3, 0.4) is 0 Å². The van der Waals surface area contributed by atoms with Gasteiger partial charge in [-0.15, -0.1) is 10.2 Å². The molecule has 2 atom stereocenters. The fourth-order valence-electron chi connectivity index (χ4n) is 4.50. The van der Waals surface area contributed by atoms with Crippen LogP contribution in [-0.2, 0) is 11.2 Å². The fraction of sp³-hybridized carbons (Fsp3) is 0.364. The van der Waals surface area contributed by atoms with Gasteiger partial charge in [0.25, 0.3) is 0 Å². The number of aromatic nitrogens is 4. The van der Waals surface area contributed by atoms with Crippen LogP contribution in [0.5, 0.6) is 0 Å². The highest BCUT2D eigenvalue weighted by Gasteiger charge is 2.27. The number of hydrogen-bond acceptors (Lipinski definition) is 6. The van der Waals surface area contributed by atoms with E-state index >= 15 is 0 Å². The van der Waals surface area contributed by atoms with E-state index in [1.165, 1.54) is 0 Å². The number of anilines is 2. The normalized spacial score (nSPS) is 20.7. The number of nitrogens with one attached hydrogen (secondary N) is 3. The van der Waals surface area contributed by atoms with Crippen LogP contribution >= 0.6 is 0 Å². The molecule has 0 radical (unpaired) electrons. The van der Waals surface area contributed by atoms with Crippen molar-refractivity contribution >= 4 is 17.4 Å². The van der Waals surface area contributed by atoms with E-state index in [9.17, 15) is 4.79 Å². The van der Waals surface area contributed by atoms with Gasteiger partial charge in [0.15, 0.2) is 5.82 Å². The molecule has 8 heteroatoms. The van der Waals surface area contributed by atoms with Crippen molar-refractivity contribution in [3.8, 4) is 22.4 Å². The van der Waals surface area contributed by atoms with Crippen LogP contribution in [-0.4, -0.2) is 52.0 Å². The van der Waals surface area contributed by atoms with Crippen molar-refractivity contribution in [2.75, 3.05) is 23.8 Å². The molecule has 1 amide bonds. The van der Waals surface area contributed by atoms with Crippen molar-refractivity contribution in [3.05, 3.63) is 42.2 Å². The van der Waals surface area contributed by atoms with Crippen molar-refractivity contribution in [2.45, 2.75) is 38.3 Å². The van der Waals surface area contributed by atoms with E-state index in [2.05, 4.69) is 49.9 Å². The van der Waals surface area contributed by atoms with E-state index in [4.69, 9.17) is 0 Å². The number of nitrogens with zero attached hydrogens (tertiary/aromatic N) is 4. The molecule has 0 saturated carbocycles. The Morgan fingerprint density at radius 3 is 2.73 bits per heavy atom. The summed E-state index contributed by atoms with van der Waals surface area (Å²) in [7, 11) is 2.09. The quantitative estimate of drug-likeness (QED) is 0.619. The van der Waals surface area contributed by atoms with Gasteiger partial charge in [-0.1, -0.05) is 12.1 Å². The van der Waals surface area contributed by atoms with Crippen molar-refractivity contribution in [1.29, 1.82) is 0 Å². The van der Waals surface area contributed by atoms with Crippen molar-refractivity contribution in [2.24, 2.45) is 0 Å². The number of piperidine rings is 1. The van der Waals surface area contributed by atoms with E-state index < -0.39 is 0 Å². The van der Waals surface area contributed by atoms with Crippen LogP contribution < -0.4 is 15.5 Å². The maximum absolute atomic E-state index is 12.2. The second-order valence-corrected chi connectivity index (χ2v) is 8.15. The number of H-pyrrole nitrogens is 1. The molecular weight excluding hydrogens is 378 g/mol. The van der Waals surface area contributed by atoms with Crippen LogP contribution in [0.1, 0.15) is 25.3 Å². The minimum absolute atomic E-state index is 0.00784. The van der Waals surface area contributed by atoms with E-state index in [-0.39, 0.29) is 5.91 Å². The molecule has 3 N–H and O–H groups in total. The Labute approximate surface area is 175 Å². The standard InChI is InChI=1S/C22H25N7O/c1-13-9-15(7-8-23-13)29(2)20-6-5-19(27-28-20)17-4-3-16(14-11-24-25-12-14)18-10-21(30)26-22(17)18/h3-6,11-13,15,23H,7-10H2,1-2H3,(H,24,25)(H,26,30)/t13-,15-/m1/s1. The van der Waals surface area contributed by atoms with Crippen molar-refractivity contribution < 1.29 is 4.79 Å². The lowest BCUT2D eigenvalue weighted by Crippen LogP contribution is -2.45. The maximum atomic E-state index is 12.2. The minimum Gasteiger partial charge on any atom is -0.355 e. The Balaban J connectivity index is 1.45. The zero-order chi connectivity index (χ0) is 20.7. The number of hydrogen-bond donors (Lipinski definition) is 3. The second kappa shape index (κ2) is 7.53. The van der Waals surface area contributed by atoms with Gasteiger partial charge >= 0.3 is 0 Å². The van der Waals surface area contributed by atoms with Gasteiger partial charge in [0.2, 0.25) is 5.91 Å². The highest BCUT2D eigenvalue weighted by Crippen LogP contribution is 2.40. The third-order valence-corrected chi connectivity index (χ3v) is 6.16. The Kier molecular flexibility index (Phi) is 4.71. The molecule has 0 aliphatic carbocycles. The van der Waals surface area contributed by atoms with Gasteiger partial charge < -0.3 is 15.5 Å². The molecule has 0 unspecified atom stereocenters. The third-order valence-electron chi connectivity index (χ3n) is 6.16. The number of amides is 1. The molecule has 1 fully saturated rings. The topological polar surface area (TPSA) is 98.8 Å². The zero-order valence-corrected chi connectivity index (χ0v) is 17.1. The van der Waals surface area contributed by atoms with Crippen LogP contribution in [0.15, 0.2) is 36.7 Å². The van der Waals surface area contributed by atoms with E-state index in [1.54, 1.807) is 6.20 Å². The van der Waals surface area contributed by atoms with E-state index in [0.717, 1.165) is 58.8 Å². The van der Waals surface area contributed by atoms with E-state index in [0.29, 0.717) is 18.5 Å². The van der Waals surface area contributed by atoms with Gasteiger partial charge in [0.1, 0.15) is 0 Å². The average Bonchev–Trinajstić information content (AvgIpc) is 3.42. The van der Waals surface area contributed by atoms with Crippen LogP contribution in [0.25, 0.3) is 22.4 Å². The summed E-state index contributed by atoms with van der Waals surface area (Å²) >= 11 is 0. The summed E-state index contributed by atoms with van der Waals surface area (Å²) < 4.78 is 0. The Hall–Kier alpha value is -3.26. The molecular formula is C22H25N7O. The fourth-order valence-corrected chi connectivity index (χ4v) is 4.50. The van der Waals surface area contributed by atoms with Gasteiger partial charge in [0, 0.05) is 36.5 Å². The zero-order valence-electron chi connectivity index (χ0n) is 17.1. The number of benzene rings is 1. The largest absolute Gasteiger partial charge is 0.355 e. The summed E-state index contributed by atoms with van der Waals surface area (Å²) in [5.41, 5.74) is 5.41. The van der Waals surface area contributed by atoms with Crippen LogP contribution in [0.4, 0.5) is 11.5 Å². The molecule has 1 aromatic carbocycles. The highest BCUT2D eigenvalue weighted by molar-refractivity contribution is 6.06. The molecule has 5 rings (SSSR count). The summed E-state index contributed by atoms with van der Waals surface area (Å²) in [6.07, 6.45) is 6.15. The predicted octanol–water partition coefficient (Wildman–Crippen LogP) is 2.60. The second-order valence-electron chi connectivity index (χ2n) is 8.15. The number of fused-ring (bicyclic) bond motifs is 1. The Morgan fingerprint density at radius 1 is 1.13 bits per heavy atom. The van der Waals surface area contributed by atoms with Crippen molar-refractivity contribution in [1.82, 2.24) is 25.7 Å². The average molecular weight is 403 g/mol. The molecule has 2 aliphatic heterocycles. The summed E-state index contributed by atoms with van der Waals surface area (Å²) in [4.78, 5) is 14.4. The summed E-state index contributed by atoms with van der Waals surface area (Å²) in [5.74, 6) is 0.861. The lowest BCUT2D eigenvalue weighted by Gasteiger charge is -2.35. The summed E-state index contributed by atoms with van der Waals surface area (Å²) in [6, 6.07) is 8.99. The third kappa shape index (κ3) is 3.33. The summed E-state index contributed by atoms with van der Waals surface area (Å²) in [6.45, 7) is 3.24. The molecule has 4 heterocycles. The van der Waals surface area contributed by atoms with Crippen molar-refractivity contribution in [3.63, 3.8) is 0 Å². The number of carbonyl (C=O) groups is 1. The molecule has 0 spiro atoms.